The summed E-state index contributed by atoms with van der Waals surface area (Å²) in [4.78, 5) is 21.7. The number of hydrogen-bond donors (Lipinski definition) is 4. The van der Waals surface area contributed by atoms with E-state index in [0.29, 0.717) is 58.7 Å². The van der Waals surface area contributed by atoms with E-state index in [0.717, 1.165) is 39.0 Å². The highest BCUT2D eigenvalue weighted by molar-refractivity contribution is 6.30. The number of amides is 1. The summed E-state index contributed by atoms with van der Waals surface area (Å²) in [6, 6.07) is 7.84. The fraction of sp³-hybridized carbons (Fsp3) is 0.370. The van der Waals surface area contributed by atoms with Crippen molar-refractivity contribution in [2.24, 2.45) is 0 Å². The van der Waals surface area contributed by atoms with Gasteiger partial charge in [0.05, 0.1) is 17.8 Å². The van der Waals surface area contributed by atoms with E-state index in [1.165, 1.54) is 24.4 Å². The first-order chi connectivity index (χ1) is 18.1. The van der Waals surface area contributed by atoms with E-state index in [4.69, 9.17) is 16.3 Å². The van der Waals surface area contributed by atoms with E-state index in [1.807, 2.05) is 0 Å². The van der Waals surface area contributed by atoms with E-state index < -0.39 is 5.82 Å². The van der Waals surface area contributed by atoms with Crippen LogP contribution in [0.15, 0.2) is 42.7 Å². The first-order valence-corrected chi connectivity index (χ1v) is 13.0. The lowest BCUT2D eigenvalue weighted by molar-refractivity contribution is 0.0953. The van der Waals surface area contributed by atoms with E-state index in [2.05, 4.69) is 38.2 Å². The van der Waals surface area contributed by atoms with Gasteiger partial charge in [0.2, 0.25) is 0 Å². The smallest absolute Gasteiger partial charge is 0.252 e. The summed E-state index contributed by atoms with van der Waals surface area (Å²) >= 11 is 6.12. The van der Waals surface area contributed by atoms with Gasteiger partial charge in [-0.1, -0.05) is 18.5 Å². The second-order valence-electron chi connectivity index (χ2n) is 8.70. The van der Waals surface area contributed by atoms with Crippen LogP contribution in [0.4, 0.5) is 10.2 Å². The molecule has 1 aliphatic heterocycles. The Balaban J connectivity index is 1.47. The van der Waals surface area contributed by atoms with Crippen molar-refractivity contribution in [2.75, 3.05) is 51.2 Å². The molecule has 0 atom stereocenters. The van der Waals surface area contributed by atoms with Crippen LogP contribution in [0, 0.1) is 5.82 Å². The van der Waals surface area contributed by atoms with Gasteiger partial charge in [0.1, 0.15) is 12.4 Å². The Hall–Kier alpha value is -3.27. The Morgan fingerprint density at radius 1 is 1.08 bits per heavy atom. The van der Waals surface area contributed by atoms with E-state index in [1.54, 1.807) is 18.3 Å². The minimum Gasteiger partial charge on any atom is -0.487 e. The Morgan fingerprint density at radius 2 is 1.92 bits per heavy atom. The number of anilines is 1. The van der Waals surface area contributed by atoms with Crippen LogP contribution in [0.25, 0.3) is 22.4 Å². The van der Waals surface area contributed by atoms with Crippen molar-refractivity contribution in [1.82, 2.24) is 25.9 Å². The lowest BCUT2D eigenvalue weighted by atomic mass is 10.0. The highest BCUT2D eigenvalue weighted by atomic mass is 35.5. The number of nitrogens with one attached hydrogen (secondary N) is 4. The molecule has 0 saturated heterocycles. The maximum Gasteiger partial charge on any atom is 0.252 e. The summed E-state index contributed by atoms with van der Waals surface area (Å²) in [5, 5.41) is 13.3. The van der Waals surface area contributed by atoms with E-state index >= 15 is 0 Å². The Labute approximate surface area is 221 Å². The Morgan fingerprint density at radius 3 is 2.76 bits per heavy atom. The molecular weight excluding hydrogens is 495 g/mol. The van der Waals surface area contributed by atoms with Gasteiger partial charge in [-0.2, -0.15) is 0 Å². The standard InChI is InChI=1S/C27H32ClFN6O2/c1-2-6-30-9-10-31-7-3-8-34-27(36)19-13-18(16-32-17-19)21-15-24(22-14-20(28)4-5-23(22)29)35-26-25(21)37-12-11-33-26/h4-5,13-17,30-31H,2-3,6-12H2,1H3,(H,33,35)(H,34,36). The van der Waals surface area contributed by atoms with Crippen molar-refractivity contribution in [2.45, 2.75) is 19.8 Å². The average molecular weight is 527 g/mol. The van der Waals surface area contributed by atoms with Crippen molar-refractivity contribution < 1.29 is 13.9 Å². The van der Waals surface area contributed by atoms with Gasteiger partial charge in [0.15, 0.2) is 11.6 Å². The number of nitrogens with zero attached hydrogens (tertiary/aromatic N) is 2. The van der Waals surface area contributed by atoms with Crippen LogP contribution in [0.2, 0.25) is 5.02 Å². The van der Waals surface area contributed by atoms with Crippen LogP contribution in [-0.2, 0) is 0 Å². The maximum atomic E-state index is 14.6. The summed E-state index contributed by atoms with van der Waals surface area (Å²) in [5.74, 6) is 0.404. The Bertz CT molecular complexity index is 1230. The molecule has 0 aliphatic carbocycles. The molecule has 1 amide bonds. The maximum absolute atomic E-state index is 14.6. The molecule has 0 unspecified atom stereocenters. The number of rotatable bonds is 12. The molecule has 37 heavy (non-hydrogen) atoms. The number of carbonyl (C=O) groups excluding carboxylic acids is 1. The van der Waals surface area contributed by atoms with Gasteiger partial charge in [-0.05, 0) is 56.3 Å². The molecule has 1 aromatic carbocycles. The zero-order chi connectivity index (χ0) is 26.0. The zero-order valence-corrected chi connectivity index (χ0v) is 21.6. The lowest BCUT2D eigenvalue weighted by Gasteiger charge is -2.22. The van der Waals surface area contributed by atoms with Crippen molar-refractivity contribution in [3.63, 3.8) is 0 Å². The van der Waals surface area contributed by atoms with Crippen LogP contribution < -0.4 is 26.0 Å². The molecule has 3 heterocycles. The summed E-state index contributed by atoms with van der Waals surface area (Å²) in [7, 11) is 0. The molecule has 8 nitrogen and oxygen atoms in total. The number of pyridine rings is 2. The number of halogens is 2. The molecule has 1 aliphatic rings. The highest BCUT2D eigenvalue weighted by Gasteiger charge is 2.22. The predicted octanol–water partition coefficient (Wildman–Crippen LogP) is 4.12. The van der Waals surface area contributed by atoms with Crippen molar-refractivity contribution >= 4 is 23.3 Å². The minimum atomic E-state index is -0.433. The fourth-order valence-corrected chi connectivity index (χ4v) is 4.17. The van der Waals surface area contributed by atoms with Crippen LogP contribution in [0.3, 0.4) is 0 Å². The average Bonchev–Trinajstić information content (AvgIpc) is 2.92. The topological polar surface area (TPSA) is 100 Å². The number of fused-ring (bicyclic) bond motifs is 1. The molecule has 10 heteroatoms. The quantitative estimate of drug-likeness (QED) is 0.263. The predicted molar refractivity (Wildman–Crippen MR) is 145 cm³/mol. The molecule has 2 aromatic heterocycles. The fourth-order valence-electron chi connectivity index (χ4n) is 4.00. The van der Waals surface area contributed by atoms with Gasteiger partial charge in [0.25, 0.3) is 5.91 Å². The third kappa shape index (κ3) is 7.15. The molecule has 0 radical (unpaired) electrons. The monoisotopic (exact) mass is 526 g/mol. The van der Waals surface area contributed by atoms with Gasteiger partial charge < -0.3 is 26.0 Å². The first-order valence-electron chi connectivity index (χ1n) is 12.6. The van der Waals surface area contributed by atoms with Crippen LogP contribution in [-0.4, -0.2) is 61.8 Å². The normalized spacial score (nSPS) is 12.4. The number of benzene rings is 1. The second kappa shape index (κ2) is 13.3. The third-order valence-electron chi connectivity index (χ3n) is 5.85. The van der Waals surface area contributed by atoms with E-state index in [9.17, 15) is 9.18 Å². The summed E-state index contributed by atoms with van der Waals surface area (Å²) < 4.78 is 20.5. The van der Waals surface area contributed by atoms with Gasteiger partial charge in [-0.25, -0.2) is 9.37 Å². The molecule has 196 valence electrons. The summed E-state index contributed by atoms with van der Waals surface area (Å²) in [6.07, 6.45) is 5.12. The van der Waals surface area contributed by atoms with Crippen molar-refractivity contribution in [1.29, 1.82) is 0 Å². The number of aromatic nitrogens is 2. The van der Waals surface area contributed by atoms with Crippen LogP contribution in [0.1, 0.15) is 30.1 Å². The second-order valence-corrected chi connectivity index (χ2v) is 9.14. The molecule has 0 fully saturated rings. The van der Waals surface area contributed by atoms with Gasteiger partial charge >= 0.3 is 0 Å². The van der Waals surface area contributed by atoms with Gasteiger partial charge in [-0.15, -0.1) is 0 Å². The summed E-state index contributed by atoms with van der Waals surface area (Å²) in [6.45, 7) is 7.40. The molecule has 0 bridgehead atoms. The molecule has 4 rings (SSSR count). The third-order valence-corrected chi connectivity index (χ3v) is 6.09. The van der Waals surface area contributed by atoms with Crippen molar-refractivity contribution in [3.8, 4) is 28.1 Å². The number of carbonyl (C=O) groups is 1. The van der Waals surface area contributed by atoms with Crippen LogP contribution >= 0.6 is 11.6 Å². The molecular formula is C27H32ClFN6O2. The van der Waals surface area contributed by atoms with Gasteiger partial charge in [0, 0.05) is 53.7 Å². The summed E-state index contributed by atoms with van der Waals surface area (Å²) in [5.41, 5.74) is 2.44. The lowest BCUT2D eigenvalue weighted by Crippen LogP contribution is -2.31. The zero-order valence-electron chi connectivity index (χ0n) is 20.9. The molecule has 4 N–H and O–H groups in total. The molecule has 0 saturated carbocycles. The number of ether oxygens (including phenoxy) is 1. The number of hydrogen-bond acceptors (Lipinski definition) is 7. The minimum absolute atomic E-state index is 0.206. The molecule has 3 aromatic rings. The van der Waals surface area contributed by atoms with Crippen LogP contribution in [0.5, 0.6) is 5.75 Å². The SMILES string of the molecule is CCCNCCNCCCNC(=O)c1cncc(-c2cc(-c3cc(Cl)ccc3F)nc3c2OCCN3)c1. The van der Waals surface area contributed by atoms with E-state index in [-0.39, 0.29) is 11.5 Å². The largest absolute Gasteiger partial charge is 0.487 e. The Kier molecular flexibility index (Phi) is 9.65. The van der Waals surface area contributed by atoms with Gasteiger partial charge in [-0.3, -0.25) is 9.78 Å². The first kappa shape index (κ1) is 26.8. The highest BCUT2D eigenvalue weighted by Crippen LogP contribution is 2.40. The van der Waals surface area contributed by atoms with Crippen molar-refractivity contribution in [3.05, 3.63) is 59.1 Å². The molecule has 0 spiro atoms.